The lowest BCUT2D eigenvalue weighted by Crippen LogP contribution is -2.27. The van der Waals surface area contributed by atoms with Gasteiger partial charge in [0.1, 0.15) is 0 Å². The summed E-state index contributed by atoms with van der Waals surface area (Å²) in [6.07, 6.45) is 1.31. The molecule has 3 heteroatoms. The fourth-order valence-corrected chi connectivity index (χ4v) is 2.88. The molecule has 0 radical (unpaired) electrons. The van der Waals surface area contributed by atoms with E-state index in [0.717, 1.165) is 12.5 Å². The van der Waals surface area contributed by atoms with E-state index in [1.165, 1.54) is 30.8 Å². The summed E-state index contributed by atoms with van der Waals surface area (Å²) in [7, 11) is 4.37. The topological polar surface area (TPSA) is 6.48 Å². The molecule has 1 aliphatic heterocycles. The number of halogens is 1. The Hall–Kier alpha value is -0.730. The maximum absolute atomic E-state index is 5.98. The van der Waals surface area contributed by atoms with Gasteiger partial charge in [0.25, 0.3) is 0 Å². The average Bonchev–Trinajstić information content (AvgIpc) is 2.74. The third-order valence-electron chi connectivity index (χ3n) is 3.57. The number of para-hydroxylation sites is 1. The predicted molar refractivity (Wildman–Crippen MR) is 74.9 cm³/mol. The summed E-state index contributed by atoms with van der Waals surface area (Å²) in [6, 6.07) is 8.41. The highest BCUT2D eigenvalue weighted by Gasteiger charge is 2.21. The number of hydrogen-bond acceptors (Lipinski definition) is 2. The summed E-state index contributed by atoms with van der Waals surface area (Å²) in [5.41, 5.74) is 2.50. The van der Waals surface area contributed by atoms with Gasteiger partial charge in [-0.1, -0.05) is 18.2 Å². The molecule has 2 rings (SSSR count). The van der Waals surface area contributed by atoms with Gasteiger partial charge in [-0.3, -0.25) is 0 Å². The highest BCUT2D eigenvalue weighted by molar-refractivity contribution is 6.17. The molecule has 0 aliphatic carbocycles. The number of nitrogens with zero attached hydrogens (tertiary/aromatic N) is 2. The third-order valence-corrected chi connectivity index (χ3v) is 3.86. The zero-order chi connectivity index (χ0) is 12.3. The van der Waals surface area contributed by atoms with Crippen molar-refractivity contribution in [3.63, 3.8) is 0 Å². The van der Waals surface area contributed by atoms with Gasteiger partial charge in [-0.2, -0.15) is 0 Å². The van der Waals surface area contributed by atoms with Gasteiger partial charge in [0.15, 0.2) is 0 Å². The minimum atomic E-state index is 0.588. The fraction of sp³-hybridized carbons (Fsp3) is 0.571. The van der Waals surface area contributed by atoms with Gasteiger partial charge in [-0.15, -0.1) is 11.6 Å². The first-order chi connectivity index (χ1) is 8.20. The number of rotatable bonds is 4. The number of benzene rings is 1. The summed E-state index contributed by atoms with van der Waals surface area (Å²) in [4.78, 5) is 4.76. The van der Waals surface area contributed by atoms with E-state index in [1.807, 2.05) is 0 Å². The van der Waals surface area contributed by atoms with Crippen molar-refractivity contribution in [2.24, 2.45) is 5.92 Å². The van der Waals surface area contributed by atoms with E-state index < -0.39 is 0 Å². The van der Waals surface area contributed by atoms with Crippen LogP contribution in [0, 0.1) is 5.92 Å². The molecule has 1 heterocycles. The Balaban J connectivity index is 2.01. The van der Waals surface area contributed by atoms with Gasteiger partial charge >= 0.3 is 0 Å². The van der Waals surface area contributed by atoms with Crippen LogP contribution in [0.2, 0.25) is 0 Å². The Bertz CT molecular complexity index is 367. The van der Waals surface area contributed by atoms with Crippen molar-refractivity contribution < 1.29 is 0 Å². The Morgan fingerprint density at radius 3 is 2.82 bits per heavy atom. The summed E-state index contributed by atoms with van der Waals surface area (Å²) >= 11 is 5.98. The molecule has 1 aromatic rings. The van der Waals surface area contributed by atoms with Crippen LogP contribution in [0.15, 0.2) is 24.3 Å². The first-order valence-electron chi connectivity index (χ1n) is 6.24. The number of anilines is 1. The fourth-order valence-electron chi connectivity index (χ4n) is 2.66. The van der Waals surface area contributed by atoms with Gasteiger partial charge in [-0.25, -0.2) is 0 Å². The second kappa shape index (κ2) is 5.74. The lowest BCUT2D eigenvalue weighted by atomic mass is 10.1. The molecular weight excluding hydrogens is 232 g/mol. The lowest BCUT2D eigenvalue weighted by Gasteiger charge is -2.25. The highest BCUT2D eigenvalue weighted by Crippen LogP contribution is 2.23. The zero-order valence-electron chi connectivity index (χ0n) is 10.7. The molecule has 0 saturated carbocycles. The normalized spacial score (nSPS) is 20.8. The van der Waals surface area contributed by atoms with E-state index >= 15 is 0 Å². The Labute approximate surface area is 109 Å². The molecule has 0 N–H and O–H groups in total. The van der Waals surface area contributed by atoms with Crippen LogP contribution in [0.3, 0.4) is 0 Å². The largest absolute Gasteiger partial charge is 0.374 e. The Morgan fingerprint density at radius 2 is 2.18 bits per heavy atom. The van der Waals surface area contributed by atoms with Crippen molar-refractivity contribution in [3.8, 4) is 0 Å². The first kappa shape index (κ1) is 12.7. The number of alkyl halides is 1. The minimum absolute atomic E-state index is 0.588. The van der Waals surface area contributed by atoms with Crippen LogP contribution in [-0.2, 0) is 5.88 Å². The van der Waals surface area contributed by atoms with Crippen molar-refractivity contribution in [1.29, 1.82) is 0 Å². The molecule has 17 heavy (non-hydrogen) atoms. The molecule has 1 aromatic carbocycles. The quantitative estimate of drug-likeness (QED) is 0.761. The maximum atomic E-state index is 5.98. The number of likely N-dealkylation sites (tertiary alicyclic amines) is 1. The van der Waals surface area contributed by atoms with Crippen LogP contribution in [0.1, 0.15) is 12.0 Å². The molecule has 0 spiro atoms. The smallest absolute Gasteiger partial charge is 0.0494 e. The summed E-state index contributed by atoms with van der Waals surface area (Å²) in [5, 5.41) is 0. The molecule has 1 atom stereocenters. The molecule has 94 valence electrons. The second-order valence-corrected chi connectivity index (χ2v) is 5.33. The standard InChI is InChI=1S/C14H21ClN2/c1-16-8-7-12(10-16)11-17(2)14-6-4-3-5-13(14)9-15/h3-6,12H,7-11H2,1-2H3. The summed E-state index contributed by atoms with van der Waals surface area (Å²) < 4.78 is 0. The van der Waals surface area contributed by atoms with Crippen LogP contribution in [-0.4, -0.2) is 38.6 Å². The van der Waals surface area contributed by atoms with Crippen molar-refractivity contribution in [2.75, 3.05) is 38.6 Å². The van der Waals surface area contributed by atoms with Gasteiger partial charge in [0.05, 0.1) is 0 Å². The van der Waals surface area contributed by atoms with E-state index in [9.17, 15) is 0 Å². The second-order valence-electron chi connectivity index (χ2n) is 5.06. The van der Waals surface area contributed by atoms with Gasteiger partial charge in [-0.05, 0) is 37.6 Å². The molecule has 0 aromatic heterocycles. The Kier molecular flexibility index (Phi) is 4.30. The van der Waals surface area contributed by atoms with Crippen molar-refractivity contribution in [3.05, 3.63) is 29.8 Å². The van der Waals surface area contributed by atoms with E-state index in [4.69, 9.17) is 11.6 Å². The minimum Gasteiger partial charge on any atom is -0.374 e. The monoisotopic (exact) mass is 252 g/mol. The molecule has 1 unspecified atom stereocenters. The molecule has 1 aliphatic rings. The molecule has 0 bridgehead atoms. The van der Waals surface area contributed by atoms with E-state index in [-0.39, 0.29) is 0 Å². The van der Waals surface area contributed by atoms with Crippen LogP contribution in [0.4, 0.5) is 5.69 Å². The Morgan fingerprint density at radius 1 is 1.41 bits per heavy atom. The molecule has 1 fully saturated rings. The predicted octanol–water partition coefficient (Wildman–Crippen LogP) is 2.81. The summed E-state index contributed by atoms with van der Waals surface area (Å²) in [5.74, 6) is 1.37. The zero-order valence-corrected chi connectivity index (χ0v) is 11.5. The van der Waals surface area contributed by atoms with E-state index in [0.29, 0.717) is 5.88 Å². The molecule has 2 nitrogen and oxygen atoms in total. The lowest BCUT2D eigenvalue weighted by molar-refractivity contribution is 0.396. The van der Waals surface area contributed by atoms with E-state index in [2.05, 4.69) is 48.2 Å². The van der Waals surface area contributed by atoms with E-state index in [1.54, 1.807) is 0 Å². The SMILES string of the molecule is CN1CCC(CN(C)c2ccccc2CCl)C1. The molecule has 1 saturated heterocycles. The van der Waals surface area contributed by atoms with Crippen molar-refractivity contribution in [1.82, 2.24) is 4.90 Å². The van der Waals surface area contributed by atoms with Crippen molar-refractivity contribution >= 4 is 17.3 Å². The van der Waals surface area contributed by atoms with Crippen LogP contribution < -0.4 is 4.90 Å². The van der Waals surface area contributed by atoms with Crippen LogP contribution in [0.25, 0.3) is 0 Å². The third kappa shape index (κ3) is 3.14. The van der Waals surface area contributed by atoms with Gasteiger partial charge in [0, 0.05) is 31.7 Å². The van der Waals surface area contributed by atoms with Crippen LogP contribution >= 0.6 is 11.6 Å². The maximum Gasteiger partial charge on any atom is 0.0494 e. The van der Waals surface area contributed by atoms with Crippen molar-refractivity contribution in [2.45, 2.75) is 12.3 Å². The van der Waals surface area contributed by atoms with Crippen LogP contribution in [0.5, 0.6) is 0 Å². The highest BCUT2D eigenvalue weighted by atomic mass is 35.5. The van der Waals surface area contributed by atoms with Gasteiger partial charge in [0.2, 0.25) is 0 Å². The average molecular weight is 253 g/mol. The molecular formula is C14H21ClN2. The number of hydrogen-bond donors (Lipinski definition) is 0. The first-order valence-corrected chi connectivity index (χ1v) is 6.77. The van der Waals surface area contributed by atoms with Gasteiger partial charge < -0.3 is 9.80 Å². The molecule has 0 amide bonds. The summed E-state index contributed by atoms with van der Waals surface area (Å²) in [6.45, 7) is 3.57.